The summed E-state index contributed by atoms with van der Waals surface area (Å²) in [5, 5.41) is 3.14. The molecule has 25 heavy (non-hydrogen) atoms. The lowest BCUT2D eigenvalue weighted by atomic mass is 10.3. The van der Waals surface area contributed by atoms with E-state index in [4.69, 9.17) is 15.2 Å². The number of likely N-dealkylation sites (N-methyl/N-ethyl adjacent to an activating group) is 1. The third-order valence-corrected chi connectivity index (χ3v) is 4.53. The zero-order valence-electron chi connectivity index (χ0n) is 15.0. The summed E-state index contributed by atoms with van der Waals surface area (Å²) in [5.41, 5.74) is 6.88. The first-order valence-corrected chi connectivity index (χ1v) is 9.08. The molecule has 0 saturated carbocycles. The van der Waals surface area contributed by atoms with E-state index in [9.17, 15) is 0 Å². The maximum atomic E-state index is 6.02. The first-order valence-electron chi connectivity index (χ1n) is 9.08. The number of anilines is 1. The molecule has 1 fully saturated rings. The molecule has 0 unspecified atom stereocenters. The second-order valence-corrected chi connectivity index (χ2v) is 6.60. The van der Waals surface area contributed by atoms with Crippen LogP contribution in [-0.4, -0.2) is 75.3 Å². The van der Waals surface area contributed by atoms with E-state index < -0.39 is 0 Å². The Balaban J connectivity index is 1.49. The van der Waals surface area contributed by atoms with Crippen molar-refractivity contribution in [2.75, 3.05) is 64.8 Å². The fraction of sp³-hybridized carbons (Fsp3) is 0.611. The van der Waals surface area contributed by atoms with E-state index >= 15 is 0 Å². The van der Waals surface area contributed by atoms with Crippen LogP contribution in [0, 0.1) is 0 Å². The fourth-order valence-electron chi connectivity index (χ4n) is 3.06. The van der Waals surface area contributed by atoms with Gasteiger partial charge >= 0.3 is 0 Å². The summed E-state index contributed by atoms with van der Waals surface area (Å²) < 4.78 is 11.3. The summed E-state index contributed by atoms with van der Waals surface area (Å²) in [6.07, 6.45) is 2.11. The van der Waals surface area contributed by atoms with E-state index in [1.165, 1.54) is 13.0 Å². The molecule has 3 N–H and O–H groups in total. The number of fused-ring (bicyclic) bond motifs is 1. The van der Waals surface area contributed by atoms with Gasteiger partial charge in [0.2, 0.25) is 0 Å². The maximum absolute atomic E-state index is 6.02. The van der Waals surface area contributed by atoms with E-state index in [2.05, 4.69) is 27.2 Å². The molecule has 0 spiro atoms. The Morgan fingerprint density at radius 2 is 1.96 bits per heavy atom. The van der Waals surface area contributed by atoms with Crippen molar-refractivity contribution in [1.29, 1.82) is 0 Å². The van der Waals surface area contributed by atoms with Gasteiger partial charge in [-0.3, -0.25) is 4.99 Å². The molecule has 1 aromatic rings. The average molecular weight is 347 g/mol. The molecule has 0 radical (unpaired) electrons. The highest BCUT2D eigenvalue weighted by Gasteiger charge is 2.12. The van der Waals surface area contributed by atoms with Gasteiger partial charge in [0, 0.05) is 37.8 Å². The Kier molecular flexibility index (Phi) is 6.36. The van der Waals surface area contributed by atoms with E-state index in [1.54, 1.807) is 0 Å². The molecule has 2 aliphatic heterocycles. The molecule has 3 rings (SSSR count). The molecule has 7 heteroatoms. The van der Waals surface area contributed by atoms with Crippen LogP contribution < -0.4 is 20.5 Å². The topological polar surface area (TPSA) is 75.4 Å². The van der Waals surface area contributed by atoms with Crippen LogP contribution >= 0.6 is 0 Å². The van der Waals surface area contributed by atoms with E-state index in [0.717, 1.165) is 49.8 Å². The van der Waals surface area contributed by atoms with Crippen LogP contribution in [0.1, 0.15) is 12.8 Å². The van der Waals surface area contributed by atoms with Gasteiger partial charge in [-0.25, -0.2) is 0 Å². The van der Waals surface area contributed by atoms with Gasteiger partial charge in [0.05, 0.1) is 19.8 Å². The highest BCUT2D eigenvalue weighted by atomic mass is 16.5. The SMILES string of the molecule is CN1CCCN(CCN=C(N)Nc2ccc3c(c2)OCCCO3)CC1. The smallest absolute Gasteiger partial charge is 0.193 e. The van der Waals surface area contributed by atoms with Crippen LogP contribution in [0.25, 0.3) is 0 Å². The highest BCUT2D eigenvalue weighted by molar-refractivity contribution is 5.92. The van der Waals surface area contributed by atoms with Gasteiger partial charge in [0.1, 0.15) is 0 Å². The minimum absolute atomic E-state index is 0.432. The first-order chi connectivity index (χ1) is 12.2. The molecular weight excluding hydrogens is 318 g/mol. The molecule has 0 atom stereocenters. The predicted molar refractivity (Wildman–Crippen MR) is 101 cm³/mol. The molecule has 7 nitrogen and oxygen atoms in total. The van der Waals surface area contributed by atoms with Crippen LogP contribution in [0.4, 0.5) is 5.69 Å². The first kappa shape index (κ1) is 17.8. The number of ether oxygens (including phenoxy) is 2. The van der Waals surface area contributed by atoms with Crippen molar-refractivity contribution >= 4 is 11.6 Å². The monoisotopic (exact) mass is 347 g/mol. The number of guanidine groups is 1. The lowest BCUT2D eigenvalue weighted by molar-refractivity contribution is 0.283. The number of hydrogen-bond donors (Lipinski definition) is 2. The third-order valence-electron chi connectivity index (χ3n) is 4.53. The van der Waals surface area contributed by atoms with Crippen molar-refractivity contribution in [3.63, 3.8) is 0 Å². The van der Waals surface area contributed by atoms with E-state index in [-0.39, 0.29) is 0 Å². The number of nitrogens with zero attached hydrogens (tertiary/aromatic N) is 3. The molecule has 2 heterocycles. The molecule has 2 aliphatic rings. The summed E-state index contributed by atoms with van der Waals surface area (Å²) in [5.74, 6) is 1.97. The fourth-order valence-corrected chi connectivity index (χ4v) is 3.06. The number of hydrogen-bond acceptors (Lipinski definition) is 5. The van der Waals surface area contributed by atoms with Crippen LogP contribution in [0.5, 0.6) is 11.5 Å². The van der Waals surface area contributed by atoms with Gasteiger partial charge in [-0.2, -0.15) is 0 Å². The molecule has 0 aliphatic carbocycles. The Hall–Kier alpha value is -1.99. The van der Waals surface area contributed by atoms with Crippen molar-refractivity contribution in [1.82, 2.24) is 9.80 Å². The minimum Gasteiger partial charge on any atom is -0.490 e. The maximum Gasteiger partial charge on any atom is 0.193 e. The van der Waals surface area contributed by atoms with E-state index in [1.807, 2.05) is 18.2 Å². The zero-order valence-corrected chi connectivity index (χ0v) is 15.0. The largest absolute Gasteiger partial charge is 0.490 e. The summed E-state index contributed by atoms with van der Waals surface area (Å²) in [4.78, 5) is 9.28. The summed E-state index contributed by atoms with van der Waals surface area (Å²) in [7, 11) is 2.18. The van der Waals surface area contributed by atoms with Crippen molar-refractivity contribution in [3.05, 3.63) is 18.2 Å². The van der Waals surface area contributed by atoms with Crippen LogP contribution in [0.2, 0.25) is 0 Å². The molecule has 0 aromatic heterocycles. The Morgan fingerprint density at radius 1 is 1.12 bits per heavy atom. The number of nitrogens with one attached hydrogen (secondary N) is 1. The second kappa shape index (κ2) is 8.92. The highest BCUT2D eigenvalue weighted by Crippen LogP contribution is 2.32. The summed E-state index contributed by atoms with van der Waals surface area (Å²) >= 11 is 0. The Labute approximate surface area is 149 Å². The van der Waals surface area contributed by atoms with Crippen LogP contribution in [0.15, 0.2) is 23.2 Å². The van der Waals surface area contributed by atoms with Crippen molar-refractivity contribution < 1.29 is 9.47 Å². The van der Waals surface area contributed by atoms with Crippen LogP contribution in [-0.2, 0) is 0 Å². The number of benzene rings is 1. The lowest BCUT2D eigenvalue weighted by Gasteiger charge is -2.18. The third kappa shape index (κ3) is 5.51. The zero-order chi connectivity index (χ0) is 17.5. The van der Waals surface area contributed by atoms with Gasteiger partial charge in [-0.1, -0.05) is 0 Å². The van der Waals surface area contributed by atoms with Crippen molar-refractivity contribution in [3.8, 4) is 11.5 Å². The normalized spacial score (nSPS) is 20.0. The van der Waals surface area contributed by atoms with Gasteiger partial charge in [0.15, 0.2) is 17.5 Å². The molecule has 0 amide bonds. The Bertz CT molecular complexity index is 593. The second-order valence-electron chi connectivity index (χ2n) is 6.60. The van der Waals surface area contributed by atoms with Gasteiger partial charge in [0.25, 0.3) is 0 Å². The molecule has 0 bridgehead atoms. The number of nitrogens with two attached hydrogens (primary N) is 1. The quantitative estimate of drug-likeness (QED) is 0.630. The predicted octanol–water partition coefficient (Wildman–Crippen LogP) is 1.21. The number of rotatable bonds is 4. The minimum atomic E-state index is 0.432. The molecular formula is C18H29N5O2. The molecule has 1 aromatic carbocycles. The molecule has 138 valence electrons. The van der Waals surface area contributed by atoms with Crippen molar-refractivity contribution in [2.24, 2.45) is 10.7 Å². The average Bonchev–Trinajstić information content (AvgIpc) is 2.95. The van der Waals surface area contributed by atoms with E-state index in [0.29, 0.717) is 25.7 Å². The number of aliphatic imine (C=N–C) groups is 1. The summed E-state index contributed by atoms with van der Waals surface area (Å²) in [6.45, 7) is 7.53. The Morgan fingerprint density at radius 3 is 2.84 bits per heavy atom. The van der Waals surface area contributed by atoms with Gasteiger partial charge in [-0.15, -0.1) is 0 Å². The molecule has 1 saturated heterocycles. The summed E-state index contributed by atoms with van der Waals surface area (Å²) in [6, 6.07) is 5.75. The van der Waals surface area contributed by atoms with Crippen LogP contribution in [0.3, 0.4) is 0 Å². The van der Waals surface area contributed by atoms with Crippen molar-refractivity contribution in [2.45, 2.75) is 12.8 Å². The van der Waals surface area contributed by atoms with Gasteiger partial charge in [-0.05, 0) is 38.7 Å². The standard InChI is InChI=1S/C18H29N5O2/c1-22-7-2-8-23(11-10-22)9-6-20-18(19)21-15-4-5-16-17(14-15)25-13-3-12-24-16/h4-5,14H,2-3,6-13H2,1H3,(H3,19,20,21). The lowest BCUT2D eigenvalue weighted by Crippen LogP contribution is -2.32. The van der Waals surface area contributed by atoms with Gasteiger partial charge < -0.3 is 30.3 Å².